The minimum atomic E-state index is -0.504. The molecule has 0 unspecified atom stereocenters. The van der Waals surface area contributed by atoms with Gasteiger partial charge in [-0.25, -0.2) is 9.18 Å². The minimum absolute atomic E-state index is 0.00667. The number of methoxy groups -OCH3 is 2. The van der Waals surface area contributed by atoms with E-state index in [1.165, 1.54) is 38.1 Å². The lowest BCUT2D eigenvalue weighted by Gasteiger charge is -2.12. The maximum atomic E-state index is 14.1. The van der Waals surface area contributed by atoms with E-state index in [0.717, 1.165) is 10.5 Å². The second-order valence-corrected chi connectivity index (χ2v) is 8.04. The lowest BCUT2D eigenvalue weighted by atomic mass is 10.1. The molecule has 1 heterocycles. The topological polar surface area (TPSA) is 61.8 Å². The normalized spacial score (nSPS) is 12.0. The molecule has 0 aromatic heterocycles. The van der Waals surface area contributed by atoms with Crippen molar-refractivity contribution in [2.75, 3.05) is 14.2 Å². The van der Waals surface area contributed by atoms with E-state index in [4.69, 9.17) is 14.2 Å². The summed E-state index contributed by atoms with van der Waals surface area (Å²) < 4.78 is 29.9. The first kappa shape index (κ1) is 21.6. The van der Waals surface area contributed by atoms with Crippen LogP contribution in [0.4, 0.5) is 4.39 Å². The summed E-state index contributed by atoms with van der Waals surface area (Å²) in [6.07, 6.45) is 1.67. The molecule has 0 bridgehead atoms. The fraction of sp³-hybridized carbons (Fsp3) is 0.120. The zero-order chi connectivity index (χ0) is 22.7. The fourth-order valence-electron chi connectivity index (χ4n) is 3.36. The van der Waals surface area contributed by atoms with Crippen LogP contribution in [0.15, 0.2) is 70.5 Å². The number of para-hydroxylation sites is 1. The van der Waals surface area contributed by atoms with Gasteiger partial charge in [0.1, 0.15) is 17.3 Å². The highest BCUT2D eigenvalue weighted by molar-refractivity contribution is 7.99. The minimum Gasteiger partial charge on any atom is -0.496 e. The van der Waals surface area contributed by atoms with E-state index in [2.05, 4.69) is 0 Å². The number of carbonyl (C=O) groups is 2. The van der Waals surface area contributed by atoms with E-state index < -0.39 is 17.8 Å². The highest BCUT2D eigenvalue weighted by Gasteiger charge is 2.22. The van der Waals surface area contributed by atoms with Crippen molar-refractivity contribution in [1.29, 1.82) is 0 Å². The molecule has 32 heavy (non-hydrogen) atoms. The van der Waals surface area contributed by atoms with Crippen molar-refractivity contribution in [3.8, 4) is 5.75 Å². The first-order valence-corrected chi connectivity index (χ1v) is 10.5. The summed E-state index contributed by atoms with van der Waals surface area (Å²) in [7, 11) is 2.85. The van der Waals surface area contributed by atoms with Crippen molar-refractivity contribution in [1.82, 2.24) is 0 Å². The Morgan fingerprint density at radius 1 is 0.969 bits per heavy atom. The van der Waals surface area contributed by atoms with Crippen LogP contribution in [0, 0.1) is 5.82 Å². The Hall–Kier alpha value is -3.58. The largest absolute Gasteiger partial charge is 0.496 e. The highest BCUT2D eigenvalue weighted by Crippen LogP contribution is 2.41. The van der Waals surface area contributed by atoms with Gasteiger partial charge in [0.2, 0.25) is 0 Å². The number of hydrogen-bond donors (Lipinski definition) is 0. The molecule has 3 aromatic rings. The van der Waals surface area contributed by atoms with Crippen LogP contribution < -0.4 is 4.74 Å². The van der Waals surface area contributed by atoms with Gasteiger partial charge >= 0.3 is 11.9 Å². The zero-order valence-corrected chi connectivity index (χ0v) is 18.2. The van der Waals surface area contributed by atoms with Crippen LogP contribution in [-0.2, 0) is 20.7 Å². The second-order valence-electron chi connectivity index (χ2n) is 6.96. The summed E-state index contributed by atoms with van der Waals surface area (Å²) in [5.74, 6) is -0.587. The van der Waals surface area contributed by atoms with Crippen molar-refractivity contribution < 1.29 is 28.2 Å². The van der Waals surface area contributed by atoms with E-state index in [-0.39, 0.29) is 12.2 Å². The third kappa shape index (κ3) is 4.53. The number of carbonyl (C=O) groups excluding carboxylic acids is 2. The average molecular weight is 450 g/mol. The van der Waals surface area contributed by atoms with Gasteiger partial charge in [0, 0.05) is 20.9 Å². The summed E-state index contributed by atoms with van der Waals surface area (Å²) >= 11 is 1.36. The molecule has 0 aliphatic carbocycles. The van der Waals surface area contributed by atoms with Gasteiger partial charge in [-0.1, -0.05) is 36.0 Å². The molecule has 0 atom stereocenters. The molecule has 5 nitrogen and oxygen atoms in total. The summed E-state index contributed by atoms with van der Waals surface area (Å²) in [6.45, 7) is 0. The molecular formula is C25H19FO5S. The zero-order valence-electron chi connectivity index (χ0n) is 17.4. The Morgan fingerprint density at radius 2 is 1.78 bits per heavy atom. The maximum Gasteiger partial charge on any atom is 0.337 e. The smallest absolute Gasteiger partial charge is 0.337 e. The highest BCUT2D eigenvalue weighted by atomic mass is 32.2. The molecule has 0 spiro atoms. The number of fused-ring (bicyclic) bond motifs is 2. The summed E-state index contributed by atoms with van der Waals surface area (Å²) in [4.78, 5) is 26.2. The molecule has 0 radical (unpaired) electrons. The van der Waals surface area contributed by atoms with E-state index in [1.54, 1.807) is 42.5 Å². The molecule has 0 saturated carbocycles. The van der Waals surface area contributed by atoms with Crippen LogP contribution in [0.25, 0.3) is 11.8 Å². The van der Waals surface area contributed by atoms with Gasteiger partial charge in [-0.3, -0.25) is 4.79 Å². The van der Waals surface area contributed by atoms with Crippen molar-refractivity contribution in [3.05, 3.63) is 88.7 Å². The molecule has 0 fully saturated rings. The fourth-order valence-corrected chi connectivity index (χ4v) is 4.43. The maximum absolute atomic E-state index is 14.1. The van der Waals surface area contributed by atoms with Crippen LogP contribution in [0.1, 0.15) is 27.0 Å². The molecule has 1 aliphatic rings. The predicted molar refractivity (Wildman–Crippen MR) is 119 cm³/mol. The Morgan fingerprint density at radius 3 is 2.56 bits per heavy atom. The van der Waals surface area contributed by atoms with Gasteiger partial charge in [-0.2, -0.15) is 0 Å². The number of ether oxygens (including phenoxy) is 3. The molecule has 4 rings (SSSR count). The first-order valence-electron chi connectivity index (χ1n) is 9.73. The number of halogens is 1. The second kappa shape index (κ2) is 9.28. The van der Waals surface area contributed by atoms with Crippen LogP contribution in [0.5, 0.6) is 5.75 Å². The van der Waals surface area contributed by atoms with Crippen molar-refractivity contribution in [2.45, 2.75) is 16.2 Å². The Balaban J connectivity index is 1.71. The molecule has 1 aliphatic heterocycles. The van der Waals surface area contributed by atoms with E-state index in [9.17, 15) is 14.0 Å². The van der Waals surface area contributed by atoms with E-state index in [0.29, 0.717) is 27.3 Å². The SMILES string of the molecule is COC(=O)c1ccc2c(c1)Sc1ccc(F)cc1C(OC(=O)Cc1ccccc1OC)=C2. The third-order valence-electron chi connectivity index (χ3n) is 4.90. The monoisotopic (exact) mass is 450 g/mol. The van der Waals surface area contributed by atoms with Gasteiger partial charge in [0.05, 0.1) is 26.2 Å². The number of rotatable bonds is 5. The molecule has 162 valence electrons. The predicted octanol–water partition coefficient (Wildman–Crippen LogP) is 5.37. The lowest BCUT2D eigenvalue weighted by molar-refractivity contribution is -0.135. The average Bonchev–Trinajstić information content (AvgIpc) is 2.94. The van der Waals surface area contributed by atoms with E-state index >= 15 is 0 Å². The Labute approximate surface area is 188 Å². The standard InChI is InChI=1S/C25H19FO5S/c1-29-20-6-4-3-5-15(20)13-24(27)31-21-11-16-7-8-17(25(28)30-2)12-23(16)32-22-10-9-18(26)14-19(21)22/h3-12,14H,13H2,1-2H3. The van der Waals surface area contributed by atoms with Gasteiger partial charge in [-0.15, -0.1) is 0 Å². The van der Waals surface area contributed by atoms with Gasteiger partial charge in [0.25, 0.3) is 0 Å². The summed E-state index contributed by atoms with van der Waals surface area (Å²) in [5.41, 5.74) is 2.28. The van der Waals surface area contributed by atoms with Crippen molar-refractivity contribution in [2.24, 2.45) is 0 Å². The van der Waals surface area contributed by atoms with Gasteiger partial charge < -0.3 is 14.2 Å². The van der Waals surface area contributed by atoms with E-state index in [1.807, 2.05) is 12.1 Å². The molecule has 0 amide bonds. The number of hydrogen-bond acceptors (Lipinski definition) is 6. The van der Waals surface area contributed by atoms with Gasteiger partial charge in [0.15, 0.2) is 0 Å². The summed E-state index contributed by atoms with van der Waals surface area (Å²) in [5, 5.41) is 0. The molecular weight excluding hydrogens is 431 g/mol. The van der Waals surface area contributed by atoms with Crippen molar-refractivity contribution >= 4 is 35.5 Å². The van der Waals surface area contributed by atoms with Gasteiger partial charge in [-0.05, 0) is 48.0 Å². The van der Waals surface area contributed by atoms with Crippen LogP contribution >= 0.6 is 11.8 Å². The van der Waals surface area contributed by atoms with Crippen LogP contribution in [0.3, 0.4) is 0 Å². The molecule has 7 heteroatoms. The van der Waals surface area contributed by atoms with Crippen LogP contribution in [-0.4, -0.2) is 26.2 Å². The quantitative estimate of drug-likeness (QED) is 0.487. The number of esters is 2. The lowest BCUT2D eigenvalue weighted by Crippen LogP contribution is -2.09. The summed E-state index contributed by atoms with van der Waals surface area (Å²) in [6, 6.07) is 16.6. The third-order valence-corrected chi connectivity index (χ3v) is 6.05. The Kier molecular flexibility index (Phi) is 6.28. The number of benzene rings is 3. The molecule has 0 saturated heterocycles. The Bertz CT molecular complexity index is 1230. The van der Waals surface area contributed by atoms with Crippen molar-refractivity contribution in [3.63, 3.8) is 0 Å². The van der Waals surface area contributed by atoms with Crippen LogP contribution in [0.2, 0.25) is 0 Å². The molecule has 3 aromatic carbocycles. The molecule has 0 N–H and O–H groups in total. The first-order chi connectivity index (χ1) is 15.5.